The molecule has 0 amide bonds. The summed E-state index contributed by atoms with van der Waals surface area (Å²) < 4.78 is 13.6. The van der Waals surface area contributed by atoms with Gasteiger partial charge in [-0.3, -0.25) is 0 Å². The second-order valence-electron chi connectivity index (χ2n) is 6.88. The first-order chi connectivity index (χ1) is 15.0. The summed E-state index contributed by atoms with van der Waals surface area (Å²) in [4.78, 5) is 10.6. The summed E-state index contributed by atoms with van der Waals surface area (Å²) in [6.07, 6.45) is 0. The molecule has 5 rings (SSSR count). The highest BCUT2D eigenvalue weighted by atomic mass is 35.5. The smallest absolute Gasteiger partial charge is 0.164 e. The second-order valence-corrected chi connectivity index (χ2v) is 8.78. The van der Waals surface area contributed by atoms with Crippen molar-refractivity contribution in [2.45, 2.75) is 9.92 Å². The van der Waals surface area contributed by atoms with Crippen LogP contribution in [0.3, 0.4) is 0 Å². The second kappa shape index (κ2) is 8.35. The van der Waals surface area contributed by atoms with E-state index in [4.69, 9.17) is 33.2 Å². The van der Waals surface area contributed by atoms with E-state index in [0.717, 1.165) is 26.7 Å². The Morgan fingerprint density at radius 1 is 0.774 bits per heavy atom. The lowest BCUT2D eigenvalue weighted by molar-refractivity contribution is 0.628. The van der Waals surface area contributed by atoms with Gasteiger partial charge in [-0.1, -0.05) is 65.3 Å². The molecule has 0 spiro atoms. The lowest BCUT2D eigenvalue weighted by Gasteiger charge is -2.13. The highest BCUT2D eigenvalue weighted by Gasteiger charge is 2.13. The van der Waals surface area contributed by atoms with Gasteiger partial charge in [-0.25, -0.2) is 14.4 Å². The summed E-state index contributed by atoms with van der Waals surface area (Å²) in [7, 11) is 0. The summed E-state index contributed by atoms with van der Waals surface area (Å²) in [5.41, 5.74) is 2.16. The molecule has 0 saturated heterocycles. The fourth-order valence-corrected chi connectivity index (χ4v) is 4.56. The summed E-state index contributed by atoms with van der Waals surface area (Å²) >= 11 is 13.6. The molecule has 152 valence electrons. The molecule has 5 aromatic rings. The van der Waals surface area contributed by atoms with Crippen LogP contribution in [0.4, 0.5) is 15.9 Å². The third kappa shape index (κ3) is 4.30. The Morgan fingerprint density at radius 2 is 1.52 bits per heavy atom. The molecule has 1 heterocycles. The van der Waals surface area contributed by atoms with Crippen molar-refractivity contribution in [2.75, 3.05) is 5.32 Å². The summed E-state index contributed by atoms with van der Waals surface area (Å²) in [6.45, 7) is 0. The molecule has 0 radical (unpaired) electrons. The Bertz CT molecular complexity index is 1440. The average molecular weight is 466 g/mol. The van der Waals surface area contributed by atoms with E-state index >= 15 is 0 Å². The van der Waals surface area contributed by atoms with Crippen LogP contribution in [0.1, 0.15) is 0 Å². The minimum Gasteiger partial charge on any atom is -0.338 e. The predicted molar refractivity (Wildman–Crippen MR) is 127 cm³/mol. The van der Waals surface area contributed by atoms with Gasteiger partial charge in [0.15, 0.2) is 5.82 Å². The van der Waals surface area contributed by atoms with E-state index < -0.39 is 5.82 Å². The molecular formula is C24H14Cl2FN3S. The predicted octanol–water partition coefficient (Wildman–Crippen LogP) is 8.12. The van der Waals surface area contributed by atoms with Crippen molar-refractivity contribution >= 4 is 68.3 Å². The van der Waals surface area contributed by atoms with Gasteiger partial charge >= 0.3 is 0 Å². The minimum absolute atomic E-state index is 0.0359. The molecule has 0 aliphatic heterocycles. The zero-order chi connectivity index (χ0) is 21.4. The monoisotopic (exact) mass is 465 g/mol. The van der Waals surface area contributed by atoms with E-state index in [2.05, 4.69) is 5.32 Å². The molecule has 0 aliphatic carbocycles. The Morgan fingerprint density at radius 3 is 2.23 bits per heavy atom. The van der Waals surface area contributed by atoms with Crippen LogP contribution in [0.5, 0.6) is 0 Å². The number of hydrogen-bond acceptors (Lipinski definition) is 4. The molecule has 4 aromatic carbocycles. The van der Waals surface area contributed by atoms with E-state index in [-0.39, 0.29) is 5.02 Å². The van der Waals surface area contributed by atoms with Gasteiger partial charge in [0.25, 0.3) is 0 Å². The van der Waals surface area contributed by atoms with Gasteiger partial charge in [0, 0.05) is 15.6 Å². The standard InChI is InChI=1S/C24H14Cl2FN3S/c25-16-6-3-7-18(12-16)31-24-23(28-17-8-9-20(27)19(26)13-17)29-21-10-14-4-1-2-5-15(14)11-22(21)30-24/h1-13H,(H,28,29). The number of nitrogens with zero attached hydrogens (tertiary/aromatic N) is 2. The van der Waals surface area contributed by atoms with Crippen LogP contribution in [0.2, 0.25) is 10.0 Å². The molecule has 1 aromatic heterocycles. The minimum atomic E-state index is -0.475. The number of aromatic nitrogens is 2. The normalized spacial score (nSPS) is 11.2. The third-order valence-corrected chi connectivity index (χ3v) is 6.19. The molecule has 7 heteroatoms. The lowest BCUT2D eigenvalue weighted by atomic mass is 10.1. The molecular weight excluding hydrogens is 452 g/mol. The van der Waals surface area contributed by atoms with Crippen LogP contribution in [-0.4, -0.2) is 9.97 Å². The number of fused-ring (bicyclic) bond motifs is 2. The average Bonchev–Trinajstić information content (AvgIpc) is 2.75. The van der Waals surface area contributed by atoms with Gasteiger partial charge in [-0.2, -0.15) is 0 Å². The topological polar surface area (TPSA) is 37.8 Å². The Hall–Kier alpha value is -2.86. The van der Waals surface area contributed by atoms with Crippen molar-refractivity contribution in [1.82, 2.24) is 9.97 Å². The molecule has 1 N–H and O–H groups in total. The SMILES string of the molecule is Fc1ccc(Nc2nc3cc4ccccc4cc3nc2Sc2cccc(Cl)c2)cc1Cl. The fraction of sp³-hybridized carbons (Fsp3) is 0. The summed E-state index contributed by atoms with van der Waals surface area (Å²) in [5, 5.41) is 6.76. The Labute approximate surface area is 192 Å². The first-order valence-corrected chi connectivity index (χ1v) is 11.0. The number of hydrogen-bond donors (Lipinski definition) is 1. The Balaban J connectivity index is 1.65. The zero-order valence-corrected chi connectivity index (χ0v) is 18.3. The van der Waals surface area contributed by atoms with Crippen molar-refractivity contribution in [3.63, 3.8) is 0 Å². The van der Waals surface area contributed by atoms with Crippen molar-refractivity contribution in [2.24, 2.45) is 0 Å². The number of halogens is 3. The van der Waals surface area contributed by atoms with Crippen LogP contribution in [0, 0.1) is 5.82 Å². The maximum atomic E-state index is 13.6. The molecule has 0 unspecified atom stereocenters. The van der Waals surface area contributed by atoms with Crippen LogP contribution in [0.15, 0.2) is 88.8 Å². The van der Waals surface area contributed by atoms with Gasteiger partial charge in [0.2, 0.25) is 0 Å². The van der Waals surface area contributed by atoms with Gasteiger partial charge in [-0.05, 0) is 59.3 Å². The molecule has 0 bridgehead atoms. The molecule has 0 atom stereocenters. The van der Waals surface area contributed by atoms with E-state index in [0.29, 0.717) is 21.6 Å². The van der Waals surface area contributed by atoms with E-state index in [1.165, 1.54) is 23.9 Å². The van der Waals surface area contributed by atoms with Crippen LogP contribution >= 0.6 is 35.0 Å². The lowest BCUT2D eigenvalue weighted by Crippen LogP contribution is -2.00. The van der Waals surface area contributed by atoms with E-state index in [9.17, 15) is 4.39 Å². The molecule has 3 nitrogen and oxygen atoms in total. The quantitative estimate of drug-likeness (QED) is 0.272. The highest BCUT2D eigenvalue weighted by molar-refractivity contribution is 7.99. The summed E-state index contributed by atoms with van der Waals surface area (Å²) in [6, 6.07) is 24.1. The Kier molecular flexibility index (Phi) is 5.40. The molecule has 0 saturated carbocycles. The van der Waals surface area contributed by atoms with Crippen molar-refractivity contribution in [3.05, 3.63) is 94.7 Å². The van der Waals surface area contributed by atoms with Gasteiger partial charge in [0.1, 0.15) is 10.8 Å². The van der Waals surface area contributed by atoms with Crippen molar-refractivity contribution in [3.8, 4) is 0 Å². The van der Waals surface area contributed by atoms with Gasteiger partial charge in [0.05, 0.1) is 16.1 Å². The number of anilines is 2. The van der Waals surface area contributed by atoms with Crippen LogP contribution < -0.4 is 5.32 Å². The van der Waals surface area contributed by atoms with E-state index in [1.54, 1.807) is 6.07 Å². The van der Waals surface area contributed by atoms with Gasteiger partial charge < -0.3 is 5.32 Å². The first kappa shape index (κ1) is 20.1. The molecule has 0 fully saturated rings. The van der Waals surface area contributed by atoms with Crippen LogP contribution in [0.25, 0.3) is 21.8 Å². The highest BCUT2D eigenvalue weighted by Crippen LogP contribution is 2.36. The van der Waals surface area contributed by atoms with Crippen LogP contribution in [-0.2, 0) is 0 Å². The number of rotatable bonds is 4. The summed E-state index contributed by atoms with van der Waals surface area (Å²) in [5.74, 6) is 0.0761. The fourth-order valence-electron chi connectivity index (χ4n) is 3.23. The van der Waals surface area contributed by atoms with E-state index in [1.807, 2.05) is 60.7 Å². The van der Waals surface area contributed by atoms with Crippen molar-refractivity contribution < 1.29 is 4.39 Å². The number of nitrogens with one attached hydrogen (secondary N) is 1. The maximum absolute atomic E-state index is 13.6. The first-order valence-electron chi connectivity index (χ1n) is 9.41. The third-order valence-electron chi connectivity index (χ3n) is 4.69. The zero-order valence-electron chi connectivity index (χ0n) is 15.9. The number of benzene rings is 4. The van der Waals surface area contributed by atoms with Gasteiger partial charge in [-0.15, -0.1) is 0 Å². The molecule has 31 heavy (non-hydrogen) atoms. The van der Waals surface area contributed by atoms with Crippen molar-refractivity contribution in [1.29, 1.82) is 0 Å². The largest absolute Gasteiger partial charge is 0.338 e. The molecule has 0 aliphatic rings. The maximum Gasteiger partial charge on any atom is 0.164 e.